The Kier molecular flexibility index (Phi) is 4.49. The van der Waals surface area contributed by atoms with E-state index >= 15 is 0 Å². The fraction of sp³-hybridized carbons (Fsp3) is 0.333. The second-order valence-electron chi connectivity index (χ2n) is 3.35. The van der Waals surface area contributed by atoms with E-state index in [1.54, 1.807) is 25.3 Å². The molecular weight excluding hydrogens is 204 g/mol. The van der Waals surface area contributed by atoms with Crippen LogP contribution in [0.3, 0.4) is 0 Å². The van der Waals surface area contributed by atoms with E-state index in [0.29, 0.717) is 30.0 Å². The molecule has 0 aliphatic rings. The number of benzene rings is 1. The second kappa shape index (κ2) is 5.89. The molecule has 16 heavy (non-hydrogen) atoms. The van der Waals surface area contributed by atoms with Gasteiger partial charge in [-0.05, 0) is 25.1 Å². The van der Waals surface area contributed by atoms with Crippen LogP contribution in [0.5, 0.6) is 0 Å². The molecular formula is C12H14N2O2. The third kappa shape index (κ3) is 3.07. The minimum absolute atomic E-state index is 0.0237. The van der Waals surface area contributed by atoms with E-state index in [9.17, 15) is 4.79 Å². The van der Waals surface area contributed by atoms with Crippen LogP contribution in [0.4, 0.5) is 5.69 Å². The molecule has 1 rings (SSSR count). The average molecular weight is 218 g/mol. The van der Waals surface area contributed by atoms with Gasteiger partial charge in [0.2, 0.25) is 0 Å². The van der Waals surface area contributed by atoms with Gasteiger partial charge >= 0.3 is 0 Å². The molecule has 84 valence electrons. The summed E-state index contributed by atoms with van der Waals surface area (Å²) in [7, 11) is 1.61. The number of nitrogens with zero attached hydrogens (tertiary/aromatic N) is 1. The molecule has 4 nitrogen and oxygen atoms in total. The van der Waals surface area contributed by atoms with Gasteiger partial charge < -0.3 is 10.1 Å². The molecule has 0 fully saturated rings. The Bertz CT molecular complexity index is 422. The maximum absolute atomic E-state index is 11.3. The highest BCUT2D eigenvalue weighted by molar-refractivity contribution is 5.99. The number of ketones is 1. The SMILES string of the molecule is COCCNc1cc(C#N)ccc1C(C)=O. The first-order valence-electron chi connectivity index (χ1n) is 4.97. The maximum atomic E-state index is 11.3. The molecule has 1 N–H and O–H groups in total. The zero-order valence-corrected chi connectivity index (χ0v) is 9.41. The second-order valence-corrected chi connectivity index (χ2v) is 3.35. The van der Waals surface area contributed by atoms with Gasteiger partial charge in [0.1, 0.15) is 0 Å². The molecule has 0 saturated carbocycles. The third-order valence-electron chi connectivity index (χ3n) is 2.15. The number of carbonyl (C=O) groups is 1. The normalized spacial score (nSPS) is 9.56. The summed E-state index contributed by atoms with van der Waals surface area (Å²) in [5.41, 5.74) is 1.81. The molecule has 4 heteroatoms. The van der Waals surface area contributed by atoms with Crippen molar-refractivity contribution in [1.82, 2.24) is 0 Å². The number of hydrogen-bond donors (Lipinski definition) is 1. The number of Topliss-reactive ketones (excluding diaryl/α,β-unsaturated/α-hetero) is 1. The van der Waals surface area contributed by atoms with E-state index in [-0.39, 0.29) is 5.78 Å². The number of anilines is 1. The van der Waals surface area contributed by atoms with Gasteiger partial charge in [0.15, 0.2) is 5.78 Å². The van der Waals surface area contributed by atoms with E-state index in [2.05, 4.69) is 5.32 Å². The number of carbonyl (C=O) groups excluding carboxylic acids is 1. The highest BCUT2D eigenvalue weighted by atomic mass is 16.5. The van der Waals surface area contributed by atoms with Gasteiger partial charge in [0, 0.05) is 24.9 Å². The Balaban J connectivity index is 2.92. The van der Waals surface area contributed by atoms with E-state index in [0.717, 1.165) is 0 Å². The maximum Gasteiger partial charge on any atom is 0.161 e. The van der Waals surface area contributed by atoms with Crippen molar-refractivity contribution in [2.45, 2.75) is 6.92 Å². The average Bonchev–Trinajstić information content (AvgIpc) is 2.29. The van der Waals surface area contributed by atoms with Gasteiger partial charge in [-0.1, -0.05) is 0 Å². The van der Waals surface area contributed by atoms with Crippen molar-refractivity contribution in [3.63, 3.8) is 0 Å². The number of ether oxygens (including phenoxy) is 1. The molecule has 0 aliphatic carbocycles. The number of hydrogen-bond acceptors (Lipinski definition) is 4. The van der Waals surface area contributed by atoms with Crippen molar-refractivity contribution in [3.8, 4) is 6.07 Å². The van der Waals surface area contributed by atoms with Crippen LogP contribution < -0.4 is 5.32 Å². The van der Waals surface area contributed by atoms with Crippen molar-refractivity contribution in [3.05, 3.63) is 29.3 Å². The molecule has 1 aromatic rings. The summed E-state index contributed by atoms with van der Waals surface area (Å²) in [4.78, 5) is 11.3. The third-order valence-corrected chi connectivity index (χ3v) is 2.15. The zero-order valence-electron chi connectivity index (χ0n) is 9.41. The van der Waals surface area contributed by atoms with Gasteiger partial charge in [-0.2, -0.15) is 5.26 Å². The van der Waals surface area contributed by atoms with Crippen LogP contribution in [0, 0.1) is 11.3 Å². The molecule has 0 heterocycles. The molecule has 0 radical (unpaired) electrons. The molecule has 0 amide bonds. The Morgan fingerprint density at radius 3 is 2.88 bits per heavy atom. The molecule has 0 atom stereocenters. The monoisotopic (exact) mass is 218 g/mol. The van der Waals surface area contributed by atoms with E-state index in [1.165, 1.54) is 6.92 Å². The summed E-state index contributed by atoms with van der Waals surface area (Å²) in [5, 5.41) is 11.8. The first-order chi connectivity index (χ1) is 7.69. The van der Waals surface area contributed by atoms with Crippen LogP contribution in [0.15, 0.2) is 18.2 Å². The van der Waals surface area contributed by atoms with Gasteiger partial charge in [-0.15, -0.1) is 0 Å². The van der Waals surface area contributed by atoms with Gasteiger partial charge in [-0.25, -0.2) is 0 Å². The van der Waals surface area contributed by atoms with E-state index in [4.69, 9.17) is 10.00 Å². The summed E-state index contributed by atoms with van der Waals surface area (Å²) in [6.45, 7) is 2.66. The molecule has 0 bridgehead atoms. The van der Waals surface area contributed by atoms with Gasteiger partial charge in [0.05, 0.1) is 18.2 Å². The molecule has 1 aromatic carbocycles. The smallest absolute Gasteiger partial charge is 0.161 e. The van der Waals surface area contributed by atoms with Crippen LogP contribution in [0.2, 0.25) is 0 Å². The molecule has 0 aromatic heterocycles. The Morgan fingerprint density at radius 2 is 2.31 bits per heavy atom. The van der Waals surface area contributed by atoms with E-state index in [1.807, 2.05) is 6.07 Å². The van der Waals surface area contributed by atoms with E-state index < -0.39 is 0 Å². The molecule has 0 saturated heterocycles. The number of methoxy groups -OCH3 is 1. The first-order valence-corrected chi connectivity index (χ1v) is 4.97. The zero-order chi connectivity index (χ0) is 12.0. The first kappa shape index (κ1) is 12.2. The Hall–Kier alpha value is -1.86. The summed E-state index contributed by atoms with van der Waals surface area (Å²) >= 11 is 0. The number of nitriles is 1. The predicted molar refractivity (Wildman–Crippen MR) is 61.5 cm³/mol. The van der Waals surface area contributed by atoms with Crippen molar-refractivity contribution in [2.24, 2.45) is 0 Å². The topological polar surface area (TPSA) is 62.1 Å². The number of rotatable bonds is 5. The Labute approximate surface area is 94.8 Å². The highest BCUT2D eigenvalue weighted by Gasteiger charge is 2.07. The minimum Gasteiger partial charge on any atom is -0.383 e. The van der Waals surface area contributed by atoms with Crippen molar-refractivity contribution < 1.29 is 9.53 Å². The summed E-state index contributed by atoms with van der Waals surface area (Å²) in [6.07, 6.45) is 0. The lowest BCUT2D eigenvalue weighted by Gasteiger charge is -2.10. The van der Waals surface area contributed by atoms with Crippen molar-refractivity contribution >= 4 is 11.5 Å². The number of nitrogens with one attached hydrogen (secondary N) is 1. The standard InChI is InChI=1S/C12H14N2O2/c1-9(15)11-4-3-10(8-13)7-12(11)14-5-6-16-2/h3-4,7,14H,5-6H2,1-2H3. The summed E-state index contributed by atoms with van der Waals surface area (Å²) in [5.74, 6) is -0.0237. The fourth-order valence-corrected chi connectivity index (χ4v) is 1.35. The summed E-state index contributed by atoms with van der Waals surface area (Å²) in [6, 6.07) is 7.01. The molecule has 0 unspecified atom stereocenters. The summed E-state index contributed by atoms with van der Waals surface area (Å²) < 4.78 is 4.91. The largest absolute Gasteiger partial charge is 0.383 e. The minimum atomic E-state index is -0.0237. The van der Waals surface area contributed by atoms with Gasteiger partial charge in [-0.3, -0.25) is 4.79 Å². The quantitative estimate of drug-likeness (QED) is 0.605. The van der Waals surface area contributed by atoms with Crippen LogP contribution in [0.25, 0.3) is 0 Å². The lowest BCUT2D eigenvalue weighted by Crippen LogP contribution is -2.10. The fourth-order valence-electron chi connectivity index (χ4n) is 1.35. The van der Waals surface area contributed by atoms with Crippen LogP contribution in [-0.4, -0.2) is 26.0 Å². The Morgan fingerprint density at radius 1 is 1.56 bits per heavy atom. The lowest BCUT2D eigenvalue weighted by atomic mass is 10.1. The van der Waals surface area contributed by atoms with Gasteiger partial charge in [0.25, 0.3) is 0 Å². The van der Waals surface area contributed by atoms with Crippen LogP contribution in [-0.2, 0) is 4.74 Å². The molecule has 0 aliphatic heterocycles. The predicted octanol–water partition coefficient (Wildman–Crippen LogP) is 1.82. The van der Waals surface area contributed by atoms with Crippen molar-refractivity contribution in [2.75, 3.05) is 25.6 Å². The van der Waals surface area contributed by atoms with Crippen molar-refractivity contribution in [1.29, 1.82) is 5.26 Å². The van der Waals surface area contributed by atoms with Crippen LogP contribution in [0.1, 0.15) is 22.8 Å². The lowest BCUT2D eigenvalue weighted by molar-refractivity contribution is 0.101. The van der Waals surface area contributed by atoms with Crippen LogP contribution >= 0.6 is 0 Å². The highest BCUT2D eigenvalue weighted by Crippen LogP contribution is 2.17. The molecule has 0 spiro atoms.